The van der Waals surface area contributed by atoms with Gasteiger partial charge >= 0.3 is 0 Å². The first kappa shape index (κ1) is 19.2. The van der Waals surface area contributed by atoms with Gasteiger partial charge in [-0.2, -0.15) is 4.72 Å². The smallest absolute Gasteiger partial charge is 0.241 e. The molecule has 0 aromatic heterocycles. The van der Waals surface area contributed by atoms with E-state index in [9.17, 15) is 13.2 Å². The third-order valence-corrected chi connectivity index (χ3v) is 4.93. The highest BCUT2D eigenvalue weighted by Crippen LogP contribution is 2.29. The minimum Gasteiger partial charge on any atom is -0.493 e. The maximum atomic E-state index is 12.4. The van der Waals surface area contributed by atoms with Gasteiger partial charge in [0, 0.05) is 12.1 Å². The molecule has 0 aliphatic carbocycles. The molecule has 1 aromatic rings. The molecule has 0 heterocycles. The summed E-state index contributed by atoms with van der Waals surface area (Å²) >= 11 is 0. The Kier molecular flexibility index (Phi) is 6.83. The van der Waals surface area contributed by atoms with Crippen LogP contribution >= 0.6 is 0 Å². The van der Waals surface area contributed by atoms with Crippen molar-refractivity contribution in [2.24, 2.45) is 0 Å². The number of amides is 1. The molecule has 0 bridgehead atoms. The minimum atomic E-state index is -3.85. The predicted molar refractivity (Wildman–Crippen MR) is 87.2 cm³/mol. The van der Waals surface area contributed by atoms with Crippen LogP contribution in [0.3, 0.4) is 0 Å². The lowest BCUT2D eigenvalue weighted by Crippen LogP contribution is -2.47. The molecular formula is C15H24N2O5S. The van der Waals surface area contributed by atoms with E-state index in [-0.39, 0.29) is 16.8 Å². The first-order chi connectivity index (χ1) is 10.7. The van der Waals surface area contributed by atoms with Gasteiger partial charge in [0.05, 0.1) is 25.2 Å². The van der Waals surface area contributed by atoms with Crippen LogP contribution < -0.4 is 19.5 Å². The second-order valence-electron chi connectivity index (χ2n) is 5.18. The average Bonchev–Trinajstić information content (AvgIpc) is 2.53. The van der Waals surface area contributed by atoms with E-state index in [4.69, 9.17) is 9.47 Å². The number of carbonyl (C=O) groups excluding carboxylic acids is 1. The van der Waals surface area contributed by atoms with Crippen molar-refractivity contribution < 1.29 is 22.7 Å². The highest BCUT2D eigenvalue weighted by atomic mass is 32.2. The Morgan fingerprint density at radius 3 is 2.30 bits per heavy atom. The molecule has 0 spiro atoms. The largest absolute Gasteiger partial charge is 0.493 e. The average molecular weight is 344 g/mol. The Morgan fingerprint density at radius 2 is 1.78 bits per heavy atom. The second kappa shape index (κ2) is 8.16. The van der Waals surface area contributed by atoms with Crippen LogP contribution in [-0.4, -0.2) is 40.6 Å². The van der Waals surface area contributed by atoms with E-state index >= 15 is 0 Å². The number of benzene rings is 1. The molecule has 1 rings (SSSR count). The Balaban J connectivity index is 2.93. The molecule has 8 heteroatoms. The predicted octanol–water partition coefficient (Wildman–Crippen LogP) is 1.29. The summed E-state index contributed by atoms with van der Waals surface area (Å²) in [6.07, 6.45) is 0.765. The number of sulfonamides is 1. The molecule has 1 amide bonds. The lowest BCUT2D eigenvalue weighted by Gasteiger charge is -2.18. The summed E-state index contributed by atoms with van der Waals surface area (Å²) in [7, 11) is -0.967. The summed E-state index contributed by atoms with van der Waals surface area (Å²) in [5.41, 5.74) is 0. The van der Waals surface area contributed by atoms with Crippen LogP contribution in [0.4, 0.5) is 0 Å². The molecule has 7 nitrogen and oxygen atoms in total. The van der Waals surface area contributed by atoms with E-state index in [1.54, 1.807) is 0 Å². The Morgan fingerprint density at radius 1 is 1.17 bits per heavy atom. The van der Waals surface area contributed by atoms with Crippen molar-refractivity contribution in [3.05, 3.63) is 18.2 Å². The van der Waals surface area contributed by atoms with Gasteiger partial charge in [-0.1, -0.05) is 6.92 Å². The summed E-state index contributed by atoms with van der Waals surface area (Å²) in [5.74, 6) is 0.351. The van der Waals surface area contributed by atoms with Gasteiger partial charge in [-0.15, -0.1) is 0 Å². The molecule has 0 aliphatic rings. The zero-order valence-corrected chi connectivity index (χ0v) is 14.9. The highest BCUT2D eigenvalue weighted by molar-refractivity contribution is 7.89. The summed E-state index contributed by atoms with van der Waals surface area (Å²) in [5, 5.41) is 2.73. The summed E-state index contributed by atoms with van der Waals surface area (Å²) in [4.78, 5) is 12.0. The molecule has 0 radical (unpaired) electrons. The van der Waals surface area contributed by atoms with E-state index in [2.05, 4.69) is 10.0 Å². The fourth-order valence-electron chi connectivity index (χ4n) is 1.81. The molecule has 2 atom stereocenters. The highest BCUT2D eigenvalue weighted by Gasteiger charge is 2.23. The fraction of sp³-hybridized carbons (Fsp3) is 0.533. The first-order valence-electron chi connectivity index (χ1n) is 7.29. The zero-order chi connectivity index (χ0) is 17.6. The number of hydrogen-bond acceptors (Lipinski definition) is 5. The van der Waals surface area contributed by atoms with Crippen LogP contribution in [0.2, 0.25) is 0 Å². The van der Waals surface area contributed by atoms with Crippen LogP contribution in [0.15, 0.2) is 23.1 Å². The fourth-order valence-corrected chi connectivity index (χ4v) is 3.03. The molecule has 0 fully saturated rings. The first-order valence-corrected chi connectivity index (χ1v) is 8.78. The van der Waals surface area contributed by atoms with Gasteiger partial charge in [-0.3, -0.25) is 4.79 Å². The normalized spacial score (nSPS) is 14.0. The van der Waals surface area contributed by atoms with E-state index in [0.29, 0.717) is 11.5 Å². The second-order valence-corrected chi connectivity index (χ2v) is 6.89. The minimum absolute atomic E-state index is 0.00154. The molecule has 0 saturated carbocycles. The SMILES string of the molecule is CC[C@@H](C)NC(=O)[C@@H](C)NS(=O)(=O)c1ccc(OC)c(OC)c1. The number of hydrogen-bond donors (Lipinski definition) is 2. The van der Waals surface area contributed by atoms with E-state index in [1.165, 1.54) is 39.3 Å². The molecule has 0 aliphatic heterocycles. The van der Waals surface area contributed by atoms with Crippen LogP contribution in [0.1, 0.15) is 27.2 Å². The quantitative estimate of drug-likeness (QED) is 0.741. The lowest BCUT2D eigenvalue weighted by molar-refractivity contribution is -0.122. The summed E-state index contributed by atoms with van der Waals surface area (Å²) < 4.78 is 37.3. The third-order valence-electron chi connectivity index (χ3n) is 3.39. The van der Waals surface area contributed by atoms with E-state index in [0.717, 1.165) is 6.42 Å². The molecule has 23 heavy (non-hydrogen) atoms. The van der Waals surface area contributed by atoms with Crippen LogP contribution in [0.5, 0.6) is 11.5 Å². The zero-order valence-electron chi connectivity index (χ0n) is 14.0. The molecule has 130 valence electrons. The van der Waals surface area contributed by atoms with Gasteiger partial charge < -0.3 is 14.8 Å². The summed E-state index contributed by atoms with van der Waals surface area (Å²) in [6.45, 7) is 5.28. The van der Waals surface area contributed by atoms with E-state index in [1.807, 2.05) is 13.8 Å². The van der Waals surface area contributed by atoms with Gasteiger partial charge in [0.25, 0.3) is 0 Å². The lowest BCUT2D eigenvalue weighted by atomic mass is 10.2. The molecule has 0 unspecified atom stereocenters. The maximum absolute atomic E-state index is 12.4. The number of rotatable bonds is 8. The molecular weight excluding hydrogens is 320 g/mol. The van der Waals surface area contributed by atoms with Gasteiger partial charge in [-0.05, 0) is 32.4 Å². The maximum Gasteiger partial charge on any atom is 0.241 e. The number of carbonyl (C=O) groups is 1. The van der Waals surface area contributed by atoms with Crippen molar-refractivity contribution in [2.75, 3.05) is 14.2 Å². The van der Waals surface area contributed by atoms with Crippen molar-refractivity contribution in [3.8, 4) is 11.5 Å². The summed E-state index contributed by atoms with van der Waals surface area (Å²) in [6, 6.07) is 3.33. The monoisotopic (exact) mass is 344 g/mol. The van der Waals surface area contributed by atoms with Crippen molar-refractivity contribution in [3.63, 3.8) is 0 Å². The van der Waals surface area contributed by atoms with Crippen molar-refractivity contribution in [1.82, 2.24) is 10.0 Å². The van der Waals surface area contributed by atoms with Gasteiger partial charge in [0.15, 0.2) is 11.5 Å². The Labute approximate surface area is 137 Å². The van der Waals surface area contributed by atoms with Crippen LogP contribution in [-0.2, 0) is 14.8 Å². The number of methoxy groups -OCH3 is 2. The van der Waals surface area contributed by atoms with Gasteiger partial charge in [0.2, 0.25) is 15.9 Å². The van der Waals surface area contributed by atoms with Crippen molar-refractivity contribution >= 4 is 15.9 Å². The third kappa shape index (κ3) is 5.11. The van der Waals surface area contributed by atoms with E-state index < -0.39 is 16.1 Å². The Hall–Kier alpha value is -1.80. The van der Waals surface area contributed by atoms with Crippen LogP contribution in [0.25, 0.3) is 0 Å². The number of nitrogens with one attached hydrogen (secondary N) is 2. The van der Waals surface area contributed by atoms with Gasteiger partial charge in [0.1, 0.15) is 0 Å². The molecule has 0 saturated heterocycles. The number of ether oxygens (including phenoxy) is 2. The molecule has 1 aromatic carbocycles. The molecule has 2 N–H and O–H groups in total. The standard InChI is InChI=1S/C15H24N2O5S/c1-6-10(2)16-15(18)11(3)17-23(19,20)12-7-8-13(21-4)14(9-12)22-5/h7-11,17H,6H2,1-5H3,(H,16,18)/t10-,11-/m1/s1. The van der Waals surface area contributed by atoms with Crippen LogP contribution in [0, 0.1) is 0 Å². The van der Waals surface area contributed by atoms with Crippen molar-refractivity contribution in [2.45, 2.75) is 44.2 Å². The Bertz CT molecular complexity index is 645. The van der Waals surface area contributed by atoms with Gasteiger partial charge in [-0.25, -0.2) is 8.42 Å². The van der Waals surface area contributed by atoms with Crippen molar-refractivity contribution in [1.29, 1.82) is 0 Å². The topological polar surface area (TPSA) is 93.7 Å².